The average molecular weight is 249 g/mol. The molecule has 0 unspecified atom stereocenters. The van der Waals surface area contributed by atoms with E-state index in [4.69, 9.17) is 5.73 Å². The molecule has 0 radical (unpaired) electrons. The van der Waals surface area contributed by atoms with Crippen molar-refractivity contribution in [1.82, 2.24) is 15.3 Å². The zero-order chi connectivity index (χ0) is 11.8. The Morgan fingerprint density at radius 1 is 1.47 bits per heavy atom. The first kappa shape index (κ1) is 10.3. The fraction of sp³-hybridized carbons (Fsp3) is 0.300. The second-order valence-corrected chi connectivity index (χ2v) is 4.71. The molecule has 1 amide bonds. The van der Waals surface area contributed by atoms with Gasteiger partial charge in [-0.05, 0) is 11.4 Å². The lowest BCUT2D eigenvalue weighted by atomic mass is 10.3. The lowest BCUT2D eigenvalue weighted by Crippen LogP contribution is -2.48. The van der Waals surface area contributed by atoms with Gasteiger partial charge in [-0.2, -0.15) is 4.98 Å². The van der Waals surface area contributed by atoms with Crippen molar-refractivity contribution in [3.05, 3.63) is 11.4 Å². The number of nitrogens with two attached hydrogens (primary N) is 1. The Bertz CT molecular complexity index is 581. The number of amides is 1. The van der Waals surface area contributed by atoms with Crippen LogP contribution >= 0.6 is 11.3 Å². The van der Waals surface area contributed by atoms with Crippen molar-refractivity contribution in [3.8, 4) is 0 Å². The van der Waals surface area contributed by atoms with Crippen LogP contribution in [0.2, 0.25) is 0 Å². The van der Waals surface area contributed by atoms with E-state index in [1.54, 1.807) is 0 Å². The van der Waals surface area contributed by atoms with Crippen LogP contribution in [0.15, 0.2) is 11.4 Å². The molecule has 3 heterocycles. The molecule has 0 bridgehead atoms. The highest BCUT2D eigenvalue weighted by molar-refractivity contribution is 7.16. The summed E-state index contributed by atoms with van der Waals surface area (Å²) < 4.78 is 0. The third kappa shape index (κ3) is 1.78. The standard InChI is InChI=1S/C10H11N5OS/c11-10-13-8(6-1-4-17-9(6)14-10)15-3-2-12-7(16)5-15/h1,4H,2-3,5H2,(H,12,16)(H2,11,13,14). The number of nitrogens with one attached hydrogen (secondary N) is 1. The maximum atomic E-state index is 11.4. The fourth-order valence-electron chi connectivity index (χ4n) is 1.92. The van der Waals surface area contributed by atoms with E-state index in [1.807, 2.05) is 16.3 Å². The molecule has 88 valence electrons. The molecule has 0 spiro atoms. The van der Waals surface area contributed by atoms with Crippen molar-refractivity contribution in [1.29, 1.82) is 0 Å². The molecule has 1 fully saturated rings. The molecule has 2 aromatic rings. The van der Waals surface area contributed by atoms with Gasteiger partial charge in [-0.3, -0.25) is 4.79 Å². The Morgan fingerprint density at radius 3 is 3.18 bits per heavy atom. The third-order valence-corrected chi connectivity index (χ3v) is 3.47. The number of hydrogen-bond donors (Lipinski definition) is 2. The maximum absolute atomic E-state index is 11.4. The Balaban J connectivity index is 2.09. The van der Waals surface area contributed by atoms with Crippen molar-refractivity contribution in [2.75, 3.05) is 30.3 Å². The number of piperazine rings is 1. The number of carbonyl (C=O) groups excluding carboxylic acids is 1. The number of thiophene rings is 1. The van der Waals surface area contributed by atoms with Crippen LogP contribution in [-0.2, 0) is 4.79 Å². The van der Waals surface area contributed by atoms with E-state index >= 15 is 0 Å². The SMILES string of the molecule is Nc1nc(N2CCNC(=O)C2)c2ccsc2n1. The molecule has 6 nitrogen and oxygen atoms in total. The van der Waals surface area contributed by atoms with Gasteiger partial charge in [0, 0.05) is 13.1 Å². The summed E-state index contributed by atoms with van der Waals surface area (Å²) in [4.78, 5) is 22.6. The second-order valence-electron chi connectivity index (χ2n) is 3.82. The number of hydrogen-bond acceptors (Lipinski definition) is 6. The highest BCUT2D eigenvalue weighted by atomic mass is 32.1. The molecule has 17 heavy (non-hydrogen) atoms. The topological polar surface area (TPSA) is 84.1 Å². The number of nitrogen functional groups attached to an aromatic ring is 1. The second kappa shape index (κ2) is 3.85. The Morgan fingerprint density at radius 2 is 2.35 bits per heavy atom. The van der Waals surface area contributed by atoms with E-state index in [2.05, 4.69) is 15.3 Å². The Kier molecular flexibility index (Phi) is 2.32. The third-order valence-electron chi connectivity index (χ3n) is 2.66. The average Bonchev–Trinajstić information content (AvgIpc) is 2.75. The largest absolute Gasteiger partial charge is 0.368 e. The van der Waals surface area contributed by atoms with E-state index in [-0.39, 0.29) is 11.9 Å². The molecule has 0 aromatic carbocycles. The molecular formula is C10H11N5OS. The Labute approximate surface area is 101 Å². The number of aromatic nitrogens is 2. The van der Waals surface area contributed by atoms with Gasteiger partial charge in [0.05, 0.1) is 11.9 Å². The number of carbonyl (C=O) groups is 1. The van der Waals surface area contributed by atoms with Crippen molar-refractivity contribution in [3.63, 3.8) is 0 Å². The summed E-state index contributed by atoms with van der Waals surface area (Å²) in [6, 6.07) is 1.96. The quantitative estimate of drug-likeness (QED) is 0.754. The van der Waals surface area contributed by atoms with E-state index in [0.29, 0.717) is 13.1 Å². The molecule has 0 aliphatic carbocycles. The number of rotatable bonds is 1. The molecule has 0 atom stereocenters. The number of nitrogens with zero attached hydrogens (tertiary/aromatic N) is 3. The van der Waals surface area contributed by atoms with Gasteiger partial charge in [-0.15, -0.1) is 11.3 Å². The first-order valence-electron chi connectivity index (χ1n) is 5.26. The van der Waals surface area contributed by atoms with Crippen molar-refractivity contribution in [2.45, 2.75) is 0 Å². The van der Waals surface area contributed by atoms with Crippen LogP contribution in [0.3, 0.4) is 0 Å². The molecular weight excluding hydrogens is 238 g/mol. The summed E-state index contributed by atoms with van der Waals surface area (Å²) in [5.41, 5.74) is 5.68. The monoisotopic (exact) mass is 249 g/mol. The normalized spacial score (nSPS) is 16.2. The summed E-state index contributed by atoms with van der Waals surface area (Å²) in [5.74, 6) is 1.02. The van der Waals surface area contributed by atoms with Crippen LogP contribution < -0.4 is 16.0 Å². The summed E-state index contributed by atoms with van der Waals surface area (Å²) in [5, 5.41) is 5.69. The van der Waals surface area contributed by atoms with E-state index in [1.165, 1.54) is 11.3 Å². The van der Waals surface area contributed by atoms with Crippen LogP contribution in [0.1, 0.15) is 0 Å². The maximum Gasteiger partial charge on any atom is 0.239 e. The first-order valence-corrected chi connectivity index (χ1v) is 6.14. The van der Waals surface area contributed by atoms with E-state index in [0.717, 1.165) is 22.6 Å². The minimum Gasteiger partial charge on any atom is -0.368 e. The van der Waals surface area contributed by atoms with Crippen LogP contribution in [0.25, 0.3) is 10.2 Å². The minimum atomic E-state index is 0.0109. The zero-order valence-corrected chi connectivity index (χ0v) is 9.83. The number of fused-ring (bicyclic) bond motifs is 1. The highest BCUT2D eigenvalue weighted by Crippen LogP contribution is 2.28. The fourth-order valence-corrected chi connectivity index (χ4v) is 2.68. The lowest BCUT2D eigenvalue weighted by Gasteiger charge is -2.28. The van der Waals surface area contributed by atoms with E-state index < -0.39 is 0 Å². The number of anilines is 2. The van der Waals surface area contributed by atoms with Gasteiger partial charge in [0.25, 0.3) is 0 Å². The molecule has 1 aliphatic rings. The molecule has 0 saturated carbocycles. The smallest absolute Gasteiger partial charge is 0.239 e. The Hall–Kier alpha value is -1.89. The van der Waals surface area contributed by atoms with Gasteiger partial charge >= 0.3 is 0 Å². The summed E-state index contributed by atoms with van der Waals surface area (Å²) >= 11 is 1.52. The van der Waals surface area contributed by atoms with Crippen LogP contribution in [0.4, 0.5) is 11.8 Å². The summed E-state index contributed by atoms with van der Waals surface area (Å²) in [7, 11) is 0. The minimum absolute atomic E-state index is 0.0109. The van der Waals surface area contributed by atoms with Gasteiger partial charge in [0.2, 0.25) is 11.9 Å². The molecule has 1 saturated heterocycles. The van der Waals surface area contributed by atoms with Crippen molar-refractivity contribution >= 4 is 39.2 Å². The van der Waals surface area contributed by atoms with Crippen LogP contribution in [-0.4, -0.2) is 35.5 Å². The van der Waals surface area contributed by atoms with Gasteiger partial charge in [-0.1, -0.05) is 0 Å². The highest BCUT2D eigenvalue weighted by Gasteiger charge is 2.20. The lowest BCUT2D eigenvalue weighted by molar-refractivity contribution is -0.120. The predicted molar refractivity (Wildman–Crippen MR) is 67.1 cm³/mol. The van der Waals surface area contributed by atoms with Crippen LogP contribution in [0.5, 0.6) is 0 Å². The summed E-state index contributed by atoms with van der Waals surface area (Å²) in [6.45, 7) is 1.70. The van der Waals surface area contributed by atoms with Gasteiger partial charge in [0.1, 0.15) is 10.6 Å². The van der Waals surface area contributed by atoms with Gasteiger partial charge < -0.3 is 16.0 Å². The molecule has 7 heteroatoms. The van der Waals surface area contributed by atoms with Gasteiger partial charge in [-0.25, -0.2) is 4.98 Å². The van der Waals surface area contributed by atoms with Crippen molar-refractivity contribution < 1.29 is 4.79 Å². The molecule has 3 N–H and O–H groups in total. The molecule has 3 rings (SSSR count). The zero-order valence-electron chi connectivity index (χ0n) is 9.01. The van der Waals surface area contributed by atoms with Crippen molar-refractivity contribution in [2.24, 2.45) is 0 Å². The molecule has 2 aromatic heterocycles. The summed E-state index contributed by atoms with van der Waals surface area (Å²) in [6.07, 6.45) is 0. The van der Waals surface area contributed by atoms with Crippen LogP contribution in [0, 0.1) is 0 Å². The molecule has 1 aliphatic heterocycles. The predicted octanol–water partition coefficient (Wildman–Crippen LogP) is 0.210. The van der Waals surface area contributed by atoms with E-state index in [9.17, 15) is 4.79 Å². The van der Waals surface area contributed by atoms with Gasteiger partial charge in [0.15, 0.2) is 0 Å². The first-order chi connectivity index (χ1) is 8.24.